The van der Waals surface area contributed by atoms with Gasteiger partial charge in [0.1, 0.15) is 5.82 Å². The molecular weight excluding hydrogens is 360 g/mol. The van der Waals surface area contributed by atoms with Crippen LogP contribution in [0.1, 0.15) is 43.6 Å². The van der Waals surface area contributed by atoms with Crippen molar-refractivity contribution in [1.82, 2.24) is 9.55 Å². The van der Waals surface area contributed by atoms with Gasteiger partial charge in [-0.1, -0.05) is 74.8 Å². The molecule has 2 aromatic carbocycles. The van der Waals surface area contributed by atoms with Crippen LogP contribution in [0.5, 0.6) is 0 Å². The van der Waals surface area contributed by atoms with E-state index in [1.807, 2.05) is 28.8 Å². The molecule has 1 unspecified atom stereocenters. The summed E-state index contributed by atoms with van der Waals surface area (Å²) >= 11 is 0. The first-order chi connectivity index (χ1) is 13.4. The molecule has 0 fully saturated rings. The fourth-order valence-electron chi connectivity index (χ4n) is 5.13. The van der Waals surface area contributed by atoms with E-state index < -0.39 is 13.5 Å². The van der Waals surface area contributed by atoms with Crippen molar-refractivity contribution in [3.63, 3.8) is 0 Å². The molecule has 3 nitrogen and oxygen atoms in total. The number of aryl methyl sites for hydroxylation is 1. The zero-order valence-corrected chi connectivity index (χ0v) is 18.7. The highest BCUT2D eigenvalue weighted by molar-refractivity contribution is 6.80. The van der Waals surface area contributed by atoms with E-state index in [-0.39, 0.29) is 5.91 Å². The van der Waals surface area contributed by atoms with Gasteiger partial charge < -0.3 is 0 Å². The number of para-hydroxylation sites is 2. The van der Waals surface area contributed by atoms with E-state index in [9.17, 15) is 4.79 Å². The summed E-state index contributed by atoms with van der Waals surface area (Å²) in [5.41, 5.74) is 4.83. The van der Waals surface area contributed by atoms with Crippen molar-refractivity contribution in [3.05, 3.63) is 53.6 Å². The van der Waals surface area contributed by atoms with Crippen molar-refractivity contribution in [2.75, 3.05) is 0 Å². The number of benzene rings is 2. The molecule has 3 aromatic rings. The smallest absolute Gasteiger partial charge is 0.242 e. The van der Waals surface area contributed by atoms with Crippen LogP contribution in [0.4, 0.5) is 0 Å². The Hall–Kier alpha value is -2.20. The van der Waals surface area contributed by atoms with Crippen LogP contribution in [0.15, 0.2) is 42.5 Å². The molecule has 0 saturated heterocycles. The second kappa shape index (κ2) is 6.70. The minimum absolute atomic E-state index is 0.196. The molecule has 4 heteroatoms. The average Bonchev–Trinajstić information content (AvgIpc) is 3.10. The maximum absolute atomic E-state index is 14.1. The maximum atomic E-state index is 14.1. The largest absolute Gasteiger partial charge is 0.273 e. The fraction of sp³-hybridized carbons (Fsp3) is 0.417. The van der Waals surface area contributed by atoms with Gasteiger partial charge in [-0.25, -0.2) is 4.98 Å². The molecule has 0 saturated carbocycles. The highest BCUT2D eigenvalue weighted by Gasteiger charge is 2.48. The quantitative estimate of drug-likeness (QED) is 0.470. The van der Waals surface area contributed by atoms with Gasteiger partial charge in [0.15, 0.2) is 0 Å². The zero-order chi connectivity index (χ0) is 20.1. The van der Waals surface area contributed by atoms with Crippen LogP contribution in [0.3, 0.4) is 0 Å². The molecule has 2 heterocycles. The minimum atomic E-state index is -1.53. The molecule has 146 valence electrons. The van der Waals surface area contributed by atoms with Crippen LogP contribution in [-0.2, 0) is 5.41 Å². The van der Waals surface area contributed by atoms with Crippen LogP contribution in [0.25, 0.3) is 22.4 Å². The molecule has 4 rings (SSSR count). The topological polar surface area (TPSA) is 34.9 Å². The van der Waals surface area contributed by atoms with Crippen LogP contribution in [-0.4, -0.2) is 23.5 Å². The number of hydrogen-bond donors (Lipinski definition) is 0. The van der Waals surface area contributed by atoms with E-state index in [1.54, 1.807) is 0 Å². The van der Waals surface area contributed by atoms with Crippen LogP contribution < -0.4 is 0 Å². The summed E-state index contributed by atoms with van der Waals surface area (Å²) in [7, 11) is -1.53. The number of carbonyl (C=O) groups excluding carboxylic acids is 1. The fourth-order valence-corrected chi connectivity index (χ4v) is 9.22. The average molecular weight is 391 g/mol. The first kappa shape index (κ1) is 19.1. The lowest BCUT2D eigenvalue weighted by molar-refractivity contribution is 0.0822. The van der Waals surface area contributed by atoms with Crippen molar-refractivity contribution in [2.45, 2.75) is 64.2 Å². The molecular formula is C24H30N2OSi. The van der Waals surface area contributed by atoms with Gasteiger partial charge in [-0.3, -0.25) is 9.36 Å². The molecule has 1 aromatic heterocycles. The van der Waals surface area contributed by atoms with E-state index in [2.05, 4.69) is 52.8 Å². The highest BCUT2D eigenvalue weighted by atomic mass is 28.3. The van der Waals surface area contributed by atoms with Crippen LogP contribution >= 0.6 is 0 Å². The van der Waals surface area contributed by atoms with Crippen LogP contribution in [0.2, 0.25) is 24.2 Å². The molecule has 0 aliphatic carbocycles. The van der Waals surface area contributed by atoms with Crippen molar-refractivity contribution < 1.29 is 4.79 Å². The third-order valence-corrected chi connectivity index (χ3v) is 13.2. The van der Waals surface area contributed by atoms with E-state index in [0.29, 0.717) is 0 Å². The molecule has 0 radical (unpaired) electrons. The number of carbonyl (C=O) groups is 1. The number of imidazole rings is 1. The van der Waals surface area contributed by atoms with Gasteiger partial charge in [-0.05, 0) is 37.6 Å². The molecule has 1 atom stereocenters. The number of hydrogen-bond acceptors (Lipinski definition) is 2. The monoisotopic (exact) mass is 390 g/mol. The van der Waals surface area contributed by atoms with E-state index >= 15 is 0 Å². The summed E-state index contributed by atoms with van der Waals surface area (Å²) in [5, 5.41) is 0. The Labute approximate surface area is 168 Å². The third-order valence-electron chi connectivity index (χ3n) is 7.22. The van der Waals surface area contributed by atoms with Crippen molar-refractivity contribution in [1.29, 1.82) is 0 Å². The molecule has 0 amide bonds. The van der Waals surface area contributed by atoms with Gasteiger partial charge >= 0.3 is 0 Å². The number of aromatic nitrogens is 2. The second-order valence-electron chi connectivity index (χ2n) is 8.68. The van der Waals surface area contributed by atoms with Gasteiger partial charge in [-0.15, -0.1) is 0 Å². The lowest BCUT2D eigenvalue weighted by Crippen LogP contribution is -2.48. The zero-order valence-electron chi connectivity index (χ0n) is 17.7. The highest BCUT2D eigenvalue weighted by Crippen LogP contribution is 2.47. The summed E-state index contributed by atoms with van der Waals surface area (Å²) < 4.78 is 1.90. The summed E-state index contributed by atoms with van der Waals surface area (Å²) in [5.74, 6) is 0.997. The second-order valence-corrected chi connectivity index (χ2v) is 14.2. The predicted octanol–water partition coefficient (Wildman–Crippen LogP) is 6.43. The van der Waals surface area contributed by atoms with E-state index in [0.717, 1.165) is 28.5 Å². The number of nitrogens with zero attached hydrogens (tertiary/aromatic N) is 2. The first-order valence-electron chi connectivity index (χ1n) is 10.5. The Morgan fingerprint density at radius 3 is 2.39 bits per heavy atom. The normalized spacial score (nSPS) is 19.0. The SMILES string of the molecule is CC[Si](CC)(CC)CC1(C)C(=O)n2c(nc3ccccc32)-c2ccc(C)cc21. The molecule has 1 aliphatic rings. The van der Waals surface area contributed by atoms with Gasteiger partial charge in [-0.2, -0.15) is 0 Å². The molecule has 1 aliphatic heterocycles. The van der Waals surface area contributed by atoms with Gasteiger partial charge in [0, 0.05) is 5.56 Å². The Bertz CT molecular complexity index is 1060. The minimum Gasteiger partial charge on any atom is -0.273 e. The lowest BCUT2D eigenvalue weighted by Gasteiger charge is -2.42. The van der Waals surface area contributed by atoms with Crippen LogP contribution in [0, 0.1) is 6.92 Å². The summed E-state index contributed by atoms with van der Waals surface area (Å²) in [6.07, 6.45) is 0. The van der Waals surface area contributed by atoms with E-state index in [4.69, 9.17) is 4.98 Å². The standard InChI is InChI=1S/C24H30N2OSi/c1-6-28(7-2,8-3)16-24(5)19-15-17(4)13-14-18(19)22-25-20-11-9-10-12-21(20)26(22)23(24)27/h9-15H,6-8,16H2,1-5H3. The maximum Gasteiger partial charge on any atom is 0.242 e. The molecule has 0 N–H and O–H groups in total. The number of rotatable bonds is 5. The molecule has 0 bridgehead atoms. The number of fused-ring (bicyclic) bond motifs is 5. The Balaban J connectivity index is 2.01. The summed E-state index contributed by atoms with van der Waals surface area (Å²) in [6.45, 7) is 11.3. The molecule has 28 heavy (non-hydrogen) atoms. The van der Waals surface area contributed by atoms with Crippen molar-refractivity contribution >= 4 is 25.0 Å². The third kappa shape index (κ3) is 2.61. The molecule has 0 spiro atoms. The summed E-state index contributed by atoms with van der Waals surface area (Å²) in [4.78, 5) is 18.9. The Morgan fingerprint density at radius 2 is 1.71 bits per heavy atom. The predicted molar refractivity (Wildman–Crippen MR) is 120 cm³/mol. The van der Waals surface area contributed by atoms with E-state index in [1.165, 1.54) is 29.3 Å². The summed E-state index contributed by atoms with van der Waals surface area (Å²) in [6, 6.07) is 19.2. The van der Waals surface area contributed by atoms with Crippen molar-refractivity contribution in [2.24, 2.45) is 0 Å². The lowest BCUT2D eigenvalue weighted by atomic mass is 9.77. The van der Waals surface area contributed by atoms with Gasteiger partial charge in [0.25, 0.3) is 0 Å². The van der Waals surface area contributed by atoms with Gasteiger partial charge in [0.05, 0.1) is 24.5 Å². The van der Waals surface area contributed by atoms with Gasteiger partial charge in [0.2, 0.25) is 5.91 Å². The first-order valence-corrected chi connectivity index (χ1v) is 13.4. The van der Waals surface area contributed by atoms with Crippen molar-refractivity contribution in [3.8, 4) is 11.4 Å². The Morgan fingerprint density at radius 1 is 1.04 bits per heavy atom. The Kier molecular flexibility index (Phi) is 4.57.